The van der Waals surface area contributed by atoms with Crippen LogP contribution >= 0.6 is 11.8 Å². The van der Waals surface area contributed by atoms with Crippen LogP contribution in [0.2, 0.25) is 0 Å². The van der Waals surface area contributed by atoms with Gasteiger partial charge in [0.2, 0.25) is 10.0 Å². The quantitative estimate of drug-likeness (QED) is 0.448. The van der Waals surface area contributed by atoms with Gasteiger partial charge in [0.05, 0.1) is 11.7 Å². The third-order valence-corrected chi connectivity index (χ3v) is 9.70. The van der Waals surface area contributed by atoms with Gasteiger partial charge in [-0.3, -0.25) is 9.59 Å². The van der Waals surface area contributed by atoms with Crippen molar-refractivity contribution in [2.24, 2.45) is 5.41 Å². The monoisotopic (exact) mass is 497 g/mol. The summed E-state index contributed by atoms with van der Waals surface area (Å²) in [7, 11) is -3.76. The Kier molecular flexibility index (Phi) is 7.18. The summed E-state index contributed by atoms with van der Waals surface area (Å²) in [5, 5.41) is 18.1. The van der Waals surface area contributed by atoms with Gasteiger partial charge in [0.15, 0.2) is 4.58 Å². The molecule has 3 N–H and O–H groups in total. The second-order valence-corrected chi connectivity index (χ2v) is 12.4. The lowest BCUT2D eigenvalue weighted by Gasteiger charge is -2.32. The number of hydrogen-bond acceptors (Lipinski definition) is 9. The fourth-order valence-corrected chi connectivity index (χ4v) is 7.11. The van der Waals surface area contributed by atoms with E-state index >= 15 is 0 Å². The molecule has 1 aliphatic rings. The van der Waals surface area contributed by atoms with Crippen LogP contribution in [0.1, 0.15) is 52.2 Å². The second-order valence-electron chi connectivity index (χ2n) is 9.08. The van der Waals surface area contributed by atoms with Gasteiger partial charge in [0, 0.05) is 13.1 Å². The van der Waals surface area contributed by atoms with Gasteiger partial charge >= 0.3 is 0 Å². The van der Waals surface area contributed by atoms with Crippen LogP contribution in [0.25, 0.3) is 0 Å². The predicted octanol–water partition coefficient (Wildman–Crippen LogP) is 2.74. The second kappa shape index (κ2) is 9.28. The van der Waals surface area contributed by atoms with Crippen molar-refractivity contribution in [2.45, 2.75) is 58.3 Å². The Morgan fingerprint density at radius 2 is 1.76 bits per heavy atom. The molecule has 0 saturated heterocycles. The summed E-state index contributed by atoms with van der Waals surface area (Å²) in [5.41, 5.74) is -1.51. The standard InChI is InChI=1S/C22H31N3O6S2/c1-7-25(8-2)33(29,30)21-17(26)13(11-32-21)23-15-16(19(28)18(15)27)24-20(22(4,5)6)14-10-9-12(3)31-14/h9-11,17,20-21,23-24,26H,7-8H2,1-6H3/t17?,20-,21?/m0/s1. The summed E-state index contributed by atoms with van der Waals surface area (Å²) in [6, 6.07) is 3.24. The Bertz CT molecular complexity index is 1210. The molecule has 0 amide bonds. The highest BCUT2D eigenvalue weighted by molar-refractivity contribution is 8.14. The lowest BCUT2D eigenvalue weighted by molar-refractivity contribution is 0.227. The first kappa shape index (κ1) is 25.5. The van der Waals surface area contributed by atoms with Crippen molar-refractivity contribution < 1.29 is 17.9 Å². The van der Waals surface area contributed by atoms with Gasteiger partial charge in [-0.25, -0.2) is 12.7 Å². The Hall–Kier alpha value is -2.08. The molecule has 9 nitrogen and oxygen atoms in total. The van der Waals surface area contributed by atoms with Crippen molar-refractivity contribution in [1.29, 1.82) is 0 Å². The van der Waals surface area contributed by atoms with Crippen LogP contribution in [0.5, 0.6) is 0 Å². The molecule has 2 aromatic rings. The molecular weight excluding hydrogens is 466 g/mol. The first-order chi connectivity index (χ1) is 15.3. The predicted molar refractivity (Wildman–Crippen MR) is 132 cm³/mol. The van der Waals surface area contributed by atoms with Crippen LogP contribution in [0.15, 0.2) is 37.2 Å². The lowest BCUT2D eigenvalue weighted by atomic mass is 9.85. The van der Waals surface area contributed by atoms with E-state index < -0.39 is 37.6 Å². The van der Waals surface area contributed by atoms with Crippen molar-refractivity contribution in [3.8, 4) is 0 Å². The van der Waals surface area contributed by atoms with Gasteiger partial charge in [-0.2, -0.15) is 0 Å². The van der Waals surface area contributed by atoms with Crippen molar-refractivity contribution in [3.63, 3.8) is 0 Å². The fourth-order valence-electron chi connectivity index (χ4n) is 3.76. The topological polar surface area (TPSA) is 129 Å². The van der Waals surface area contributed by atoms with E-state index in [9.17, 15) is 23.1 Å². The van der Waals surface area contributed by atoms with E-state index in [0.29, 0.717) is 5.76 Å². The van der Waals surface area contributed by atoms with E-state index in [2.05, 4.69) is 10.6 Å². The molecule has 33 heavy (non-hydrogen) atoms. The normalized spacial score (nSPS) is 20.3. The number of hydrogen-bond donors (Lipinski definition) is 3. The molecule has 3 atom stereocenters. The molecule has 0 spiro atoms. The summed E-state index contributed by atoms with van der Waals surface area (Å²) >= 11 is 0.964. The molecule has 0 fully saturated rings. The minimum Gasteiger partial charge on any atom is -0.464 e. The van der Waals surface area contributed by atoms with Crippen LogP contribution in [-0.2, 0) is 10.0 Å². The number of aryl methyl sites for hydroxylation is 1. The molecule has 2 unspecified atom stereocenters. The van der Waals surface area contributed by atoms with E-state index in [1.807, 2.05) is 39.8 Å². The minimum atomic E-state index is -3.76. The molecule has 0 bridgehead atoms. The number of sulfonamides is 1. The number of aliphatic hydroxyl groups excluding tert-OH is 1. The van der Waals surface area contributed by atoms with Crippen LogP contribution in [0.3, 0.4) is 0 Å². The van der Waals surface area contributed by atoms with Gasteiger partial charge in [-0.15, -0.1) is 11.8 Å². The third kappa shape index (κ3) is 4.77. The number of rotatable bonds is 9. The number of thioether (sulfide) groups is 1. The molecule has 182 valence electrons. The highest BCUT2D eigenvalue weighted by Crippen LogP contribution is 2.39. The van der Waals surface area contributed by atoms with Crippen LogP contribution in [-0.4, -0.2) is 41.6 Å². The molecule has 1 aromatic carbocycles. The van der Waals surface area contributed by atoms with Gasteiger partial charge in [-0.05, 0) is 29.9 Å². The molecule has 2 heterocycles. The fraction of sp³-hybridized carbons (Fsp3) is 0.545. The maximum absolute atomic E-state index is 12.8. The first-order valence-electron chi connectivity index (χ1n) is 10.8. The maximum atomic E-state index is 12.8. The maximum Gasteiger partial charge on any atom is 0.253 e. The zero-order chi connectivity index (χ0) is 24.7. The van der Waals surface area contributed by atoms with E-state index in [-0.39, 0.29) is 35.6 Å². The van der Waals surface area contributed by atoms with Gasteiger partial charge < -0.3 is 20.2 Å². The number of furan rings is 1. The first-order valence-corrected chi connectivity index (χ1v) is 13.2. The molecular formula is C22H31N3O6S2. The van der Waals surface area contributed by atoms with Crippen LogP contribution < -0.4 is 21.5 Å². The van der Waals surface area contributed by atoms with Crippen LogP contribution in [0.4, 0.5) is 11.4 Å². The Morgan fingerprint density at radius 3 is 2.27 bits per heavy atom. The van der Waals surface area contributed by atoms with Gasteiger partial charge in [0.25, 0.3) is 10.9 Å². The summed E-state index contributed by atoms with van der Waals surface area (Å²) in [5.74, 6) is 1.35. The van der Waals surface area contributed by atoms with Crippen LogP contribution in [0, 0.1) is 12.3 Å². The summed E-state index contributed by atoms with van der Waals surface area (Å²) in [6.07, 6.45) is -1.37. The summed E-state index contributed by atoms with van der Waals surface area (Å²) < 4.78 is 31.6. The van der Waals surface area contributed by atoms with Crippen molar-refractivity contribution in [3.05, 3.63) is 55.2 Å². The average molecular weight is 498 g/mol. The van der Waals surface area contributed by atoms with Crippen molar-refractivity contribution >= 4 is 33.2 Å². The lowest BCUT2D eigenvalue weighted by Crippen LogP contribution is -2.43. The minimum absolute atomic E-state index is 0.00400. The molecule has 0 saturated carbocycles. The largest absolute Gasteiger partial charge is 0.464 e. The molecule has 0 radical (unpaired) electrons. The highest BCUT2D eigenvalue weighted by Gasteiger charge is 2.42. The van der Waals surface area contributed by atoms with Crippen molar-refractivity contribution in [1.82, 2.24) is 4.31 Å². The van der Waals surface area contributed by atoms with E-state index in [1.165, 1.54) is 9.71 Å². The summed E-state index contributed by atoms with van der Waals surface area (Å²) in [6.45, 7) is 11.8. The number of aliphatic hydroxyl groups is 1. The Labute approximate surface area is 198 Å². The van der Waals surface area contributed by atoms with E-state index in [1.54, 1.807) is 13.8 Å². The number of nitrogens with zero attached hydrogens (tertiary/aromatic N) is 1. The van der Waals surface area contributed by atoms with E-state index in [4.69, 9.17) is 4.42 Å². The Balaban J connectivity index is 1.84. The summed E-state index contributed by atoms with van der Waals surface area (Å²) in [4.78, 5) is 24.7. The molecule has 0 aliphatic carbocycles. The zero-order valence-corrected chi connectivity index (χ0v) is 21.3. The third-order valence-electron chi connectivity index (χ3n) is 5.64. The van der Waals surface area contributed by atoms with Crippen molar-refractivity contribution in [2.75, 3.05) is 23.7 Å². The molecule has 11 heteroatoms. The number of anilines is 2. The molecule has 3 rings (SSSR count). The van der Waals surface area contributed by atoms with E-state index in [0.717, 1.165) is 17.5 Å². The zero-order valence-electron chi connectivity index (χ0n) is 19.6. The van der Waals surface area contributed by atoms with Gasteiger partial charge in [0.1, 0.15) is 29.0 Å². The smallest absolute Gasteiger partial charge is 0.253 e. The molecule has 1 aromatic heterocycles. The highest BCUT2D eigenvalue weighted by atomic mass is 32.3. The molecule has 1 aliphatic heterocycles. The average Bonchev–Trinajstić information content (AvgIpc) is 3.32. The number of nitrogens with one attached hydrogen (secondary N) is 2. The Morgan fingerprint density at radius 1 is 1.15 bits per heavy atom. The van der Waals surface area contributed by atoms with Gasteiger partial charge in [-0.1, -0.05) is 34.6 Å². The SMILES string of the molecule is CCN(CC)S(=O)(=O)C1SC=C(Nc2c(N[C@@H](c3ccc(C)o3)C(C)(C)C)c(=O)c2=O)C1O.